The predicted octanol–water partition coefficient (Wildman–Crippen LogP) is 3.55. The molecule has 0 radical (unpaired) electrons. The molecular weight excluding hydrogens is 323 g/mol. The second-order valence-corrected chi connectivity index (χ2v) is 12.5. The first-order chi connectivity index (χ1) is 9.25. The molecule has 1 rings (SSSR count). The van der Waals surface area contributed by atoms with Crippen molar-refractivity contribution >= 4 is 22.8 Å². The molecule has 0 unspecified atom stereocenters. The minimum Gasteiger partial charge on any atom is -0.319 e. The summed E-state index contributed by atoms with van der Waals surface area (Å²) in [6.07, 6.45) is 0. The summed E-state index contributed by atoms with van der Waals surface area (Å²) in [6.45, 7) is 0. The van der Waals surface area contributed by atoms with Crippen molar-refractivity contribution < 1.29 is 18.1 Å². The molecule has 0 N–H and O–H groups in total. The molecular formula is C8H24N5O4P3. The second kappa shape index (κ2) is 6.69. The van der Waals surface area contributed by atoms with Crippen molar-refractivity contribution in [2.45, 2.75) is 0 Å². The Labute approximate surface area is 121 Å². The van der Waals surface area contributed by atoms with E-state index >= 15 is 0 Å². The van der Waals surface area contributed by atoms with Crippen molar-refractivity contribution in [2.24, 2.45) is 13.5 Å². The average molecular weight is 347 g/mol. The van der Waals surface area contributed by atoms with Crippen LogP contribution in [0.25, 0.3) is 0 Å². The van der Waals surface area contributed by atoms with E-state index < -0.39 is 22.8 Å². The van der Waals surface area contributed by atoms with Crippen LogP contribution in [0.15, 0.2) is 13.5 Å². The summed E-state index contributed by atoms with van der Waals surface area (Å²) in [7, 11) is 5.57. The smallest absolute Gasteiger partial charge is 0.319 e. The highest BCUT2D eigenvalue weighted by Gasteiger charge is 2.41. The number of hydrogen-bond donors (Lipinski definition) is 0. The highest BCUT2D eigenvalue weighted by Crippen LogP contribution is 2.79. The maximum absolute atomic E-state index is 5.64. The van der Waals surface area contributed by atoms with E-state index in [-0.39, 0.29) is 0 Å². The maximum Gasteiger partial charge on any atom is 0.346 e. The van der Waals surface area contributed by atoms with E-state index in [2.05, 4.69) is 9.03 Å². The third-order valence-corrected chi connectivity index (χ3v) is 12.3. The van der Waals surface area contributed by atoms with Gasteiger partial charge in [0.2, 0.25) is 0 Å². The fourth-order valence-electron chi connectivity index (χ4n) is 1.51. The fourth-order valence-corrected chi connectivity index (χ4v) is 12.2. The van der Waals surface area contributed by atoms with Gasteiger partial charge in [-0.2, -0.15) is 13.5 Å². The Hall–Kier alpha value is 0.450. The van der Waals surface area contributed by atoms with E-state index in [1.165, 1.54) is 14.2 Å². The largest absolute Gasteiger partial charge is 0.346 e. The molecule has 0 aromatic carbocycles. The van der Waals surface area contributed by atoms with Gasteiger partial charge in [-0.1, -0.05) is 0 Å². The molecule has 120 valence electrons. The van der Waals surface area contributed by atoms with Crippen molar-refractivity contribution in [3.63, 3.8) is 0 Å². The summed E-state index contributed by atoms with van der Waals surface area (Å²) in [5, 5.41) is 0. The van der Waals surface area contributed by atoms with Gasteiger partial charge in [-0.05, 0) is 28.2 Å². The van der Waals surface area contributed by atoms with Gasteiger partial charge in [0.25, 0.3) is 15.2 Å². The maximum atomic E-state index is 5.64. The summed E-state index contributed by atoms with van der Waals surface area (Å²) in [5.74, 6) is 0. The van der Waals surface area contributed by atoms with Crippen LogP contribution in [0.4, 0.5) is 0 Å². The molecule has 0 saturated heterocycles. The van der Waals surface area contributed by atoms with Gasteiger partial charge in [0.1, 0.15) is 0 Å². The monoisotopic (exact) mass is 347 g/mol. The number of hydrogen-bond acceptors (Lipinski definition) is 9. The van der Waals surface area contributed by atoms with Crippen molar-refractivity contribution in [2.75, 3.05) is 56.6 Å². The lowest BCUT2D eigenvalue weighted by atomic mass is 11.3. The van der Waals surface area contributed by atoms with Crippen LogP contribution in [0, 0.1) is 0 Å². The molecule has 1 aliphatic heterocycles. The van der Waals surface area contributed by atoms with Gasteiger partial charge >= 0.3 is 7.66 Å². The lowest BCUT2D eigenvalue weighted by Crippen LogP contribution is -2.15. The first-order valence-electron chi connectivity index (χ1n) is 5.75. The quantitative estimate of drug-likeness (QED) is 0.684. The molecule has 1 aliphatic rings. The highest BCUT2D eigenvalue weighted by atomic mass is 31.3. The summed E-state index contributed by atoms with van der Waals surface area (Å²) in [5.41, 5.74) is 0. The minimum atomic E-state index is -2.81. The van der Waals surface area contributed by atoms with Crippen LogP contribution in [-0.2, 0) is 18.1 Å². The zero-order valence-corrected chi connectivity index (χ0v) is 15.9. The molecule has 9 nitrogen and oxygen atoms in total. The van der Waals surface area contributed by atoms with Crippen LogP contribution in [-0.4, -0.2) is 66.0 Å². The number of rotatable bonds is 6. The standard InChI is InChI=1S/C8H24N5O4P3/c1-12(2)18(14-5)9-19(15-6,13(3)4)11-20(10-18,16-7)17-8/h1-8H3/t18-,19-/m0/s1. The zero-order valence-electron chi connectivity index (χ0n) is 13.2. The Balaban J connectivity index is 3.80. The molecule has 0 spiro atoms. The highest BCUT2D eigenvalue weighted by molar-refractivity contribution is 7.79. The molecule has 0 aliphatic carbocycles. The van der Waals surface area contributed by atoms with Gasteiger partial charge in [0.15, 0.2) is 0 Å². The van der Waals surface area contributed by atoms with Gasteiger partial charge in [0, 0.05) is 28.4 Å². The fraction of sp³-hybridized carbons (Fsp3) is 1.00. The molecule has 0 bridgehead atoms. The van der Waals surface area contributed by atoms with Crippen molar-refractivity contribution in [3.8, 4) is 0 Å². The Morgan fingerprint density at radius 2 is 1.00 bits per heavy atom. The van der Waals surface area contributed by atoms with Gasteiger partial charge < -0.3 is 18.1 Å². The zero-order chi connectivity index (χ0) is 15.6. The Morgan fingerprint density at radius 1 is 0.600 bits per heavy atom. The SMILES string of the molecule is COP1(OC)=N[P@](OC)(N(C)C)=N[P@@](OC)(N(C)C)=N1. The van der Waals surface area contributed by atoms with Crippen LogP contribution in [0.1, 0.15) is 0 Å². The van der Waals surface area contributed by atoms with Gasteiger partial charge in [-0.3, -0.25) is 0 Å². The molecule has 20 heavy (non-hydrogen) atoms. The van der Waals surface area contributed by atoms with E-state index in [1.54, 1.807) is 14.2 Å². The molecule has 2 atom stereocenters. The molecule has 0 saturated carbocycles. The van der Waals surface area contributed by atoms with E-state index in [9.17, 15) is 0 Å². The third kappa shape index (κ3) is 3.12. The molecule has 0 aromatic heterocycles. The van der Waals surface area contributed by atoms with Crippen LogP contribution in [0.3, 0.4) is 0 Å². The lowest BCUT2D eigenvalue weighted by Gasteiger charge is -2.36. The van der Waals surface area contributed by atoms with Crippen molar-refractivity contribution in [3.05, 3.63) is 0 Å². The molecule has 1 heterocycles. The van der Waals surface area contributed by atoms with Crippen molar-refractivity contribution in [1.82, 2.24) is 9.34 Å². The summed E-state index contributed by atoms with van der Waals surface area (Å²) in [6, 6.07) is 0. The first-order valence-corrected chi connectivity index (χ1v) is 10.4. The van der Waals surface area contributed by atoms with E-state index in [4.69, 9.17) is 22.6 Å². The number of nitrogens with zero attached hydrogens (tertiary/aromatic N) is 5. The van der Waals surface area contributed by atoms with E-state index in [0.717, 1.165) is 0 Å². The summed E-state index contributed by atoms with van der Waals surface area (Å²) >= 11 is 0. The van der Waals surface area contributed by atoms with E-state index in [0.29, 0.717) is 0 Å². The molecule has 0 aromatic rings. The predicted molar refractivity (Wildman–Crippen MR) is 83.5 cm³/mol. The summed E-state index contributed by atoms with van der Waals surface area (Å²) in [4.78, 5) is 0. The first kappa shape index (κ1) is 18.5. The molecule has 0 amide bonds. The van der Waals surface area contributed by atoms with Gasteiger partial charge in [-0.25, -0.2) is 9.34 Å². The molecule has 12 heteroatoms. The summed E-state index contributed by atoms with van der Waals surface area (Å²) < 4.78 is 39.8. The molecule has 0 fully saturated rings. The third-order valence-electron chi connectivity index (χ3n) is 2.70. The Morgan fingerprint density at radius 3 is 1.30 bits per heavy atom. The topological polar surface area (TPSA) is 80.5 Å². The van der Waals surface area contributed by atoms with Crippen LogP contribution < -0.4 is 0 Å². The minimum absolute atomic E-state index is 1.52. The normalized spacial score (nSPS) is 32.7. The van der Waals surface area contributed by atoms with Crippen LogP contribution >= 0.6 is 22.8 Å². The van der Waals surface area contributed by atoms with E-state index in [1.807, 2.05) is 37.5 Å². The van der Waals surface area contributed by atoms with Gasteiger partial charge in [0.05, 0.1) is 0 Å². The van der Waals surface area contributed by atoms with Crippen LogP contribution in [0.5, 0.6) is 0 Å². The average Bonchev–Trinajstić information content (AvgIpc) is 2.45. The second-order valence-electron chi connectivity index (χ2n) is 4.21. The van der Waals surface area contributed by atoms with Crippen LogP contribution in [0.2, 0.25) is 0 Å². The Kier molecular flexibility index (Phi) is 6.19. The lowest BCUT2D eigenvalue weighted by molar-refractivity contribution is 0.324. The van der Waals surface area contributed by atoms with Gasteiger partial charge in [-0.15, -0.1) is 0 Å². The van der Waals surface area contributed by atoms with Crippen molar-refractivity contribution in [1.29, 1.82) is 0 Å². The Bertz CT molecular complexity index is 495.